The molecule has 0 saturated carbocycles. The number of hydrogen-bond acceptors (Lipinski definition) is 6. The Balaban J connectivity index is 1.90. The number of allylic oxidation sites excluding steroid dienone is 3. The van der Waals surface area contributed by atoms with Crippen LogP contribution in [0.5, 0.6) is 5.88 Å². The summed E-state index contributed by atoms with van der Waals surface area (Å²) in [6.07, 6.45) is 8.80. The highest BCUT2D eigenvalue weighted by atomic mass is 16.5. The van der Waals surface area contributed by atoms with Crippen molar-refractivity contribution < 1.29 is 4.74 Å². The van der Waals surface area contributed by atoms with Gasteiger partial charge in [-0.2, -0.15) is 10.4 Å². The molecular formula is C24H23N7O. The highest BCUT2D eigenvalue weighted by Crippen LogP contribution is 2.44. The maximum absolute atomic E-state index is 9.93. The first kappa shape index (κ1) is 20.9. The number of nitriles is 1. The van der Waals surface area contributed by atoms with Crippen molar-refractivity contribution in [2.75, 3.05) is 0 Å². The lowest BCUT2D eigenvalue weighted by Gasteiger charge is -2.25. The van der Waals surface area contributed by atoms with Crippen molar-refractivity contribution in [2.24, 2.45) is 17.8 Å². The molecule has 2 aromatic heterocycles. The first-order valence-corrected chi connectivity index (χ1v) is 10.1. The van der Waals surface area contributed by atoms with E-state index >= 15 is 0 Å². The zero-order chi connectivity index (χ0) is 22.8. The average Bonchev–Trinajstić information content (AvgIpc) is 3.37. The van der Waals surface area contributed by atoms with Gasteiger partial charge in [-0.25, -0.2) is 9.67 Å². The van der Waals surface area contributed by atoms with Crippen LogP contribution in [0.3, 0.4) is 0 Å². The summed E-state index contributed by atoms with van der Waals surface area (Å²) >= 11 is 0. The second-order valence-corrected chi connectivity index (χ2v) is 7.25. The van der Waals surface area contributed by atoms with Crippen LogP contribution in [0.1, 0.15) is 35.5 Å². The fourth-order valence-electron chi connectivity index (χ4n) is 3.84. The second-order valence-electron chi connectivity index (χ2n) is 7.25. The molecule has 0 spiro atoms. The summed E-state index contributed by atoms with van der Waals surface area (Å²) in [6, 6.07) is 10.2. The third-order valence-corrected chi connectivity index (χ3v) is 5.33. The van der Waals surface area contributed by atoms with Crippen molar-refractivity contribution in [2.45, 2.75) is 19.8 Å². The Morgan fingerprint density at radius 3 is 2.69 bits per heavy atom. The van der Waals surface area contributed by atoms with Gasteiger partial charge in [-0.3, -0.25) is 4.99 Å². The number of aromatic nitrogens is 4. The molecule has 4 rings (SSSR count). The molecule has 0 fully saturated rings. The number of ether oxygens (including phenoxy) is 1. The second kappa shape index (κ2) is 8.40. The molecule has 8 heteroatoms. The Morgan fingerprint density at radius 1 is 1.34 bits per heavy atom. The fourth-order valence-corrected chi connectivity index (χ4v) is 3.84. The van der Waals surface area contributed by atoms with Gasteiger partial charge in [0.05, 0.1) is 17.2 Å². The Labute approximate surface area is 186 Å². The molecule has 1 atom stereocenters. The molecule has 1 aromatic carbocycles. The monoisotopic (exact) mass is 425 g/mol. The molecule has 0 saturated heterocycles. The van der Waals surface area contributed by atoms with E-state index in [1.807, 2.05) is 55.0 Å². The standard InChI is InChI=1S/C24H23N7O/c1-5-11-28-19(6-2)22-21-20(18(14-25)23(26)32-24(21)30(4)29-22)16-7-9-17(10-8-16)31-13-12-27-15(31)3/h5-13,20H,2,26H2,1,3-4H3/b11-5-,28-19?. The van der Waals surface area contributed by atoms with E-state index in [1.165, 1.54) is 0 Å². The molecule has 1 aliphatic heterocycles. The highest BCUT2D eigenvalue weighted by molar-refractivity contribution is 6.09. The minimum atomic E-state index is -0.457. The van der Waals surface area contributed by atoms with Gasteiger partial charge in [-0.15, -0.1) is 0 Å². The molecule has 2 N–H and O–H groups in total. The van der Waals surface area contributed by atoms with Crippen LogP contribution in [0.2, 0.25) is 0 Å². The lowest BCUT2D eigenvalue weighted by atomic mass is 9.83. The van der Waals surface area contributed by atoms with E-state index in [2.05, 4.69) is 27.7 Å². The molecular weight excluding hydrogens is 402 g/mol. The summed E-state index contributed by atoms with van der Waals surface area (Å²) < 4.78 is 9.41. The topological polar surface area (TPSA) is 107 Å². The lowest BCUT2D eigenvalue weighted by molar-refractivity contribution is 0.358. The van der Waals surface area contributed by atoms with E-state index in [0.717, 1.165) is 22.6 Å². The van der Waals surface area contributed by atoms with Gasteiger partial charge in [-0.05, 0) is 37.6 Å². The van der Waals surface area contributed by atoms with Crippen molar-refractivity contribution in [3.8, 4) is 17.6 Å². The number of nitrogens with two attached hydrogens (primary N) is 1. The number of rotatable bonds is 5. The molecule has 32 heavy (non-hydrogen) atoms. The SMILES string of the molecule is C=CC(=N/C=C\C)c1nn(C)c2c1C(c1ccc(-n3ccnc3C)cc1)C(C#N)=C(N)O2. The first-order chi connectivity index (χ1) is 15.5. The van der Waals surface area contributed by atoms with Crippen LogP contribution in [0.25, 0.3) is 5.69 Å². The predicted molar refractivity (Wildman–Crippen MR) is 122 cm³/mol. The van der Waals surface area contributed by atoms with Crippen LogP contribution < -0.4 is 10.5 Å². The zero-order valence-electron chi connectivity index (χ0n) is 18.1. The number of hydrogen-bond donors (Lipinski definition) is 1. The largest absolute Gasteiger partial charge is 0.422 e. The summed E-state index contributed by atoms with van der Waals surface area (Å²) in [4.78, 5) is 8.73. The van der Waals surface area contributed by atoms with Crippen molar-refractivity contribution in [1.82, 2.24) is 19.3 Å². The molecule has 3 heterocycles. The summed E-state index contributed by atoms with van der Waals surface area (Å²) in [7, 11) is 1.77. The zero-order valence-corrected chi connectivity index (χ0v) is 18.1. The van der Waals surface area contributed by atoms with Crippen LogP contribution in [-0.4, -0.2) is 25.0 Å². The van der Waals surface area contributed by atoms with Gasteiger partial charge in [-0.1, -0.05) is 24.8 Å². The van der Waals surface area contributed by atoms with Gasteiger partial charge in [0.2, 0.25) is 11.8 Å². The summed E-state index contributed by atoms with van der Waals surface area (Å²) in [6.45, 7) is 7.71. The van der Waals surface area contributed by atoms with Crippen LogP contribution in [0.4, 0.5) is 0 Å². The summed E-state index contributed by atoms with van der Waals surface area (Å²) in [5.74, 6) is 0.977. The molecule has 0 aliphatic carbocycles. The number of aryl methyl sites for hydroxylation is 2. The summed E-state index contributed by atoms with van der Waals surface area (Å²) in [5.41, 5.74) is 10.2. The molecule has 8 nitrogen and oxygen atoms in total. The van der Waals surface area contributed by atoms with E-state index in [9.17, 15) is 5.26 Å². The predicted octanol–water partition coefficient (Wildman–Crippen LogP) is 3.64. The van der Waals surface area contributed by atoms with Crippen molar-refractivity contribution >= 4 is 5.71 Å². The Bertz CT molecular complexity index is 1310. The normalized spacial score (nSPS) is 16.1. The number of fused-ring (bicyclic) bond motifs is 1. The van der Waals surface area contributed by atoms with Gasteiger partial charge in [0.25, 0.3) is 0 Å². The smallest absolute Gasteiger partial charge is 0.224 e. The van der Waals surface area contributed by atoms with Crippen molar-refractivity contribution in [1.29, 1.82) is 5.26 Å². The number of nitrogens with zero attached hydrogens (tertiary/aromatic N) is 6. The average molecular weight is 425 g/mol. The molecule has 1 unspecified atom stereocenters. The van der Waals surface area contributed by atoms with Gasteiger partial charge < -0.3 is 15.0 Å². The summed E-state index contributed by atoms with van der Waals surface area (Å²) in [5, 5.41) is 14.5. The molecule has 0 radical (unpaired) electrons. The van der Waals surface area contributed by atoms with Crippen LogP contribution in [0, 0.1) is 18.3 Å². The van der Waals surface area contributed by atoms with Gasteiger partial charge in [0, 0.05) is 31.3 Å². The molecule has 160 valence electrons. The Kier molecular flexibility index (Phi) is 5.48. The molecule has 0 bridgehead atoms. The number of imidazole rings is 1. The van der Waals surface area contributed by atoms with Crippen molar-refractivity contribution in [3.63, 3.8) is 0 Å². The lowest BCUT2D eigenvalue weighted by Crippen LogP contribution is -2.22. The van der Waals surface area contributed by atoms with Crippen LogP contribution in [-0.2, 0) is 7.05 Å². The minimum absolute atomic E-state index is 0.0691. The van der Waals surface area contributed by atoms with E-state index < -0.39 is 5.92 Å². The highest BCUT2D eigenvalue weighted by Gasteiger charge is 2.37. The van der Waals surface area contributed by atoms with E-state index in [0.29, 0.717) is 22.9 Å². The van der Waals surface area contributed by atoms with Crippen molar-refractivity contribution in [3.05, 3.63) is 95.7 Å². The molecule has 0 amide bonds. The van der Waals surface area contributed by atoms with Gasteiger partial charge in [0.15, 0.2) is 0 Å². The third kappa shape index (κ3) is 3.40. The Morgan fingerprint density at radius 2 is 2.09 bits per heavy atom. The van der Waals surface area contributed by atoms with E-state index in [1.54, 1.807) is 30.2 Å². The maximum atomic E-state index is 9.93. The third-order valence-electron chi connectivity index (χ3n) is 5.33. The Hall–Kier alpha value is -4.38. The van der Waals surface area contributed by atoms with Crippen LogP contribution in [0.15, 0.2) is 78.0 Å². The fraction of sp³-hybridized carbons (Fsp3) is 0.167. The maximum Gasteiger partial charge on any atom is 0.224 e. The van der Waals surface area contributed by atoms with E-state index in [4.69, 9.17) is 10.5 Å². The number of benzene rings is 1. The van der Waals surface area contributed by atoms with Gasteiger partial charge in [0.1, 0.15) is 23.2 Å². The molecule has 1 aliphatic rings. The minimum Gasteiger partial charge on any atom is -0.422 e. The van der Waals surface area contributed by atoms with Crippen LogP contribution >= 0.6 is 0 Å². The van der Waals surface area contributed by atoms with Gasteiger partial charge >= 0.3 is 0 Å². The molecule has 3 aromatic rings. The first-order valence-electron chi connectivity index (χ1n) is 10.1. The van der Waals surface area contributed by atoms with E-state index in [-0.39, 0.29) is 5.88 Å². The number of aliphatic imine (C=N–C) groups is 1. The quantitative estimate of drug-likeness (QED) is 0.628.